The fraction of sp³-hybridized carbons (Fsp3) is 0.280. The molecule has 0 spiro atoms. The zero-order valence-corrected chi connectivity index (χ0v) is 16.5. The fourth-order valence-electron chi connectivity index (χ4n) is 4.09. The van der Waals surface area contributed by atoms with Gasteiger partial charge >= 0.3 is 0 Å². The molecule has 0 amide bonds. The molecule has 1 fully saturated rings. The summed E-state index contributed by atoms with van der Waals surface area (Å²) < 4.78 is 12.3. The Hall–Kier alpha value is -2.54. The van der Waals surface area contributed by atoms with Crippen LogP contribution in [0, 0.1) is 0 Å². The first kappa shape index (κ1) is 20.7. The van der Waals surface area contributed by atoms with Crippen LogP contribution in [-0.2, 0) is 15.1 Å². The average molecular weight is 406 g/mol. The number of aliphatic hydroxyl groups excluding tert-OH is 3. The zero-order chi connectivity index (χ0) is 21.0. The van der Waals surface area contributed by atoms with E-state index < -0.39 is 30.0 Å². The third-order valence-corrected chi connectivity index (χ3v) is 5.65. The fourth-order valence-corrected chi connectivity index (χ4v) is 4.09. The van der Waals surface area contributed by atoms with Crippen LogP contribution in [0.2, 0.25) is 0 Å². The van der Waals surface area contributed by atoms with Crippen LogP contribution >= 0.6 is 0 Å². The highest BCUT2D eigenvalue weighted by Crippen LogP contribution is 2.41. The lowest BCUT2D eigenvalue weighted by Gasteiger charge is -2.37. The van der Waals surface area contributed by atoms with E-state index >= 15 is 0 Å². The van der Waals surface area contributed by atoms with Gasteiger partial charge in [-0.15, -0.1) is 0 Å². The molecule has 0 aromatic heterocycles. The van der Waals surface area contributed by atoms with Gasteiger partial charge in [-0.1, -0.05) is 91.0 Å². The molecule has 4 atom stereocenters. The molecule has 30 heavy (non-hydrogen) atoms. The van der Waals surface area contributed by atoms with Crippen LogP contribution < -0.4 is 0 Å². The minimum absolute atomic E-state index is 0.0351. The molecule has 0 bridgehead atoms. The van der Waals surface area contributed by atoms with E-state index in [1.54, 1.807) is 0 Å². The number of hydrogen-bond acceptors (Lipinski definition) is 5. The summed E-state index contributed by atoms with van der Waals surface area (Å²) in [5.74, 6) is 0. The lowest BCUT2D eigenvalue weighted by molar-refractivity contribution is -0.0878. The van der Waals surface area contributed by atoms with Gasteiger partial charge in [-0.25, -0.2) is 0 Å². The number of ether oxygens (including phenoxy) is 2. The molecule has 0 saturated carbocycles. The van der Waals surface area contributed by atoms with Gasteiger partial charge in [0.05, 0.1) is 13.2 Å². The molecule has 5 nitrogen and oxygen atoms in total. The number of rotatable bonds is 7. The summed E-state index contributed by atoms with van der Waals surface area (Å²) in [7, 11) is 0. The van der Waals surface area contributed by atoms with E-state index in [0.717, 1.165) is 16.7 Å². The van der Waals surface area contributed by atoms with Gasteiger partial charge in [0.1, 0.15) is 30.0 Å². The van der Waals surface area contributed by atoms with Gasteiger partial charge in [0.25, 0.3) is 0 Å². The van der Waals surface area contributed by atoms with Gasteiger partial charge in [0.2, 0.25) is 0 Å². The second kappa shape index (κ2) is 9.08. The summed E-state index contributed by atoms with van der Waals surface area (Å²) >= 11 is 0. The van der Waals surface area contributed by atoms with Crippen molar-refractivity contribution >= 4 is 0 Å². The smallest absolute Gasteiger partial charge is 0.143 e. The SMILES string of the molecule is OC[C@H]1O[C@H](COC(c2ccccc2)(c2ccccc2)c2ccccc2)[C@@H](O)[C@@H]1O. The molecular weight excluding hydrogens is 380 g/mol. The van der Waals surface area contributed by atoms with E-state index in [9.17, 15) is 15.3 Å². The second-order valence-corrected chi connectivity index (χ2v) is 7.47. The minimum atomic E-state index is -1.15. The van der Waals surface area contributed by atoms with Gasteiger partial charge < -0.3 is 24.8 Å². The summed E-state index contributed by atoms with van der Waals surface area (Å²) in [6, 6.07) is 29.7. The van der Waals surface area contributed by atoms with Gasteiger partial charge in [-0.2, -0.15) is 0 Å². The van der Waals surface area contributed by atoms with Gasteiger partial charge in [0.15, 0.2) is 0 Å². The van der Waals surface area contributed by atoms with Crippen LogP contribution in [0.25, 0.3) is 0 Å². The second-order valence-electron chi connectivity index (χ2n) is 7.47. The molecule has 3 aromatic rings. The summed E-state index contributed by atoms with van der Waals surface area (Å²) in [6.07, 6.45) is -3.87. The van der Waals surface area contributed by atoms with Crippen LogP contribution in [0.4, 0.5) is 0 Å². The Bertz CT molecular complexity index is 819. The predicted octanol–water partition coefficient (Wildman–Crippen LogP) is 2.48. The van der Waals surface area contributed by atoms with Crippen LogP contribution in [0.3, 0.4) is 0 Å². The van der Waals surface area contributed by atoms with Crippen molar-refractivity contribution in [3.8, 4) is 0 Å². The van der Waals surface area contributed by atoms with Crippen molar-refractivity contribution in [2.75, 3.05) is 13.2 Å². The molecule has 0 radical (unpaired) electrons. The molecule has 3 N–H and O–H groups in total. The largest absolute Gasteiger partial charge is 0.394 e. The Morgan fingerprint density at radius 1 is 0.667 bits per heavy atom. The number of aliphatic hydroxyl groups is 3. The highest BCUT2D eigenvalue weighted by molar-refractivity contribution is 5.47. The molecule has 5 heteroatoms. The lowest BCUT2D eigenvalue weighted by Crippen LogP contribution is -2.39. The highest BCUT2D eigenvalue weighted by atomic mass is 16.6. The monoisotopic (exact) mass is 406 g/mol. The van der Waals surface area contributed by atoms with E-state index in [0.29, 0.717) is 0 Å². The highest BCUT2D eigenvalue weighted by Gasteiger charge is 2.45. The van der Waals surface area contributed by atoms with E-state index in [1.807, 2.05) is 91.0 Å². The van der Waals surface area contributed by atoms with Gasteiger partial charge in [0, 0.05) is 0 Å². The molecule has 1 saturated heterocycles. The summed E-state index contributed by atoms with van der Waals surface area (Å²) in [5.41, 5.74) is 1.88. The van der Waals surface area contributed by atoms with E-state index in [-0.39, 0.29) is 13.2 Å². The minimum Gasteiger partial charge on any atom is -0.394 e. The van der Waals surface area contributed by atoms with Crippen LogP contribution in [0.1, 0.15) is 16.7 Å². The maximum atomic E-state index is 10.4. The lowest BCUT2D eigenvalue weighted by atomic mass is 9.80. The molecule has 1 heterocycles. The quantitative estimate of drug-likeness (QED) is 0.526. The Morgan fingerprint density at radius 3 is 1.43 bits per heavy atom. The Kier molecular flexibility index (Phi) is 6.27. The molecule has 0 aliphatic carbocycles. The van der Waals surface area contributed by atoms with E-state index in [4.69, 9.17) is 9.47 Å². The van der Waals surface area contributed by atoms with Crippen molar-refractivity contribution < 1.29 is 24.8 Å². The third-order valence-electron chi connectivity index (χ3n) is 5.65. The van der Waals surface area contributed by atoms with E-state index in [2.05, 4.69) is 0 Å². The van der Waals surface area contributed by atoms with Crippen molar-refractivity contribution in [2.45, 2.75) is 30.0 Å². The Balaban J connectivity index is 1.78. The molecule has 1 aliphatic rings. The normalized spacial score (nSPS) is 24.1. The molecule has 156 valence electrons. The maximum Gasteiger partial charge on any atom is 0.143 e. The molecule has 3 aromatic carbocycles. The predicted molar refractivity (Wildman–Crippen MR) is 113 cm³/mol. The molecule has 1 aliphatic heterocycles. The first-order valence-electron chi connectivity index (χ1n) is 10.1. The third kappa shape index (κ3) is 3.78. The zero-order valence-electron chi connectivity index (χ0n) is 16.5. The Labute approximate surface area is 176 Å². The van der Waals surface area contributed by atoms with E-state index in [1.165, 1.54) is 0 Å². The molecule has 0 unspecified atom stereocenters. The van der Waals surface area contributed by atoms with Crippen LogP contribution in [-0.4, -0.2) is 52.9 Å². The van der Waals surface area contributed by atoms with Crippen LogP contribution in [0.5, 0.6) is 0 Å². The van der Waals surface area contributed by atoms with Crippen molar-refractivity contribution in [2.24, 2.45) is 0 Å². The maximum absolute atomic E-state index is 10.4. The summed E-state index contributed by atoms with van der Waals surface area (Å²) in [4.78, 5) is 0. The van der Waals surface area contributed by atoms with Gasteiger partial charge in [-0.3, -0.25) is 0 Å². The topological polar surface area (TPSA) is 79.2 Å². The first-order valence-corrected chi connectivity index (χ1v) is 10.1. The summed E-state index contributed by atoms with van der Waals surface area (Å²) in [6.45, 7) is -0.330. The van der Waals surface area contributed by atoms with Crippen molar-refractivity contribution in [3.05, 3.63) is 108 Å². The molecule has 4 rings (SSSR count). The Morgan fingerprint density at radius 2 is 1.07 bits per heavy atom. The summed E-state index contributed by atoms with van der Waals surface area (Å²) in [5, 5.41) is 29.9. The van der Waals surface area contributed by atoms with Gasteiger partial charge in [-0.05, 0) is 16.7 Å². The first-order chi connectivity index (χ1) is 14.7. The van der Waals surface area contributed by atoms with Crippen molar-refractivity contribution in [3.63, 3.8) is 0 Å². The molecular formula is C25H26O5. The average Bonchev–Trinajstić information content (AvgIpc) is 3.09. The standard InChI is InChI=1S/C25H26O5/c26-16-21-23(27)24(28)22(30-21)17-29-25(18-10-4-1-5-11-18,19-12-6-2-7-13-19)20-14-8-3-9-15-20/h1-15,21-24,26-28H,16-17H2/t21-,22-,23-,24-/m1/s1. The van der Waals surface area contributed by atoms with Crippen LogP contribution in [0.15, 0.2) is 91.0 Å². The number of benzene rings is 3. The van der Waals surface area contributed by atoms with Crippen molar-refractivity contribution in [1.82, 2.24) is 0 Å². The number of hydrogen-bond donors (Lipinski definition) is 3. The van der Waals surface area contributed by atoms with Crippen molar-refractivity contribution in [1.29, 1.82) is 0 Å².